The topological polar surface area (TPSA) is 19.4 Å². The number of aryl methyl sites for hydroxylation is 1. The Labute approximate surface area is 135 Å². The number of halogens is 2. The highest BCUT2D eigenvalue weighted by Gasteiger charge is 2.20. The predicted molar refractivity (Wildman–Crippen MR) is 87.6 cm³/mol. The summed E-state index contributed by atoms with van der Waals surface area (Å²) in [6, 6.07) is 7.26. The number of hydrogen-bond donors (Lipinski definition) is 0. The summed E-state index contributed by atoms with van der Waals surface area (Å²) in [6.07, 6.45) is 1.07. The molecule has 5 heteroatoms. The third-order valence-electron chi connectivity index (χ3n) is 4.55. The van der Waals surface area contributed by atoms with Crippen molar-refractivity contribution in [2.75, 3.05) is 31.1 Å². The van der Waals surface area contributed by atoms with Crippen LogP contribution in [0.3, 0.4) is 0 Å². The molecule has 3 rings (SSSR count). The lowest BCUT2D eigenvalue weighted by molar-refractivity contribution is 0.243. The minimum Gasteiger partial charge on any atom is -0.369 e. The normalized spacial score (nSPS) is 15.9. The van der Waals surface area contributed by atoms with E-state index in [1.54, 1.807) is 0 Å². The number of anilines is 1. The zero-order valence-electron chi connectivity index (χ0n) is 13.5. The second-order valence-corrected chi connectivity index (χ2v) is 6.06. The molecule has 0 radical (unpaired) electrons. The molecular weight excluding hydrogens is 296 g/mol. The Kier molecular flexibility index (Phi) is 4.57. The Hall–Kier alpha value is -2.01. The molecule has 0 N–H and O–H groups in total. The molecule has 2 aromatic rings. The van der Waals surface area contributed by atoms with Crippen LogP contribution >= 0.6 is 0 Å². The summed E-state index contributed by atoms with van der Waals surface area (Å²) in [5, 5.41) is 0. The van der Waals surface area contributed by atoms with E-state index in [4.69, 9.17) is 0 Å². The first-order valence-corrected chi connectivity index (χ1v) is 7.88. The van der Waals surface area contributed by atoms with Crippen LogP contribution in [-0.2, 0) is 6.54 Å². The van der Waals surface area contributed by atoms with Crippen LogP contribution in [0.25, 0.3) is 0 Å². The highest BCUT2D eigenvalue weighted by molar-refractivity contribution is 5.56. The molecule has 2 heterocycles. The Morgan fingerprint density at radius 3 is 2.52 bits per heavy atom. The quantitative estimate of drug-likeness (QED) is 0.866. The van der Waals surface area contributed by atoms with Crippen LogP contribution < -0.4 is 4.90 Å². The highest BCUT2D eigenvalue weighted by Crippen LogP contribution is 2.24. The summed E-state index contributed by atoms with van der Waals surface area (Å²) >= 11 is 0. The van der Waals surface area contributed by atoms with Gasteiger partial charge in [-0.15, -0.1) is 0 Å². The monoisotopic (exact) mass is 317 g/mol. The van der Waals surface area contributed by atoms with E-state index in [2.05, 4.69) is 46.8 Å². The fourth-order valence-electron chi connectivity index (χ4n) is 3.00. The van der Waals surface area contributed by atoms with Gasteiger partial charge in [0.2, 0.25) is 0 Å². The molecule has 1 aromatic carbocycles. The van der Waals surface area contributed by atoms with Crippen LogP contribution in [0, 0.1) is 25.5 Å². The van der Waals surface area contributed by atoms with E-state index in [9.17, 15) is 8.78 Å². The van der Waals surface area contributed by atoms with Gasteiger partial charge in [0.1, 0.15) is 11.6 Å². The largest absolute Gasteiger partial charge is 0.369 e. The molecule has 1 aliphatic rings. The lowest BCUT2D eigenvalue weighted by Gasteiger charge is -2.36. The van der Waals surface area contributed by atoms with Gasteiger partial charge < -0.3 is 4.90 Å². The summed E-state index contributed by atoms with van der Waals surface area (Å²) in [4.78, 5) is 8.40. The lowest BCUT2D eigenvalue weighted by atomic mass is 10.1. The van der Waals surface area contributed by atoms with Crippen LogP contribution in [0.1, 0.15) is 16.8 Å². The number of piperazine rings is 1. The van der Waals surface area contributed by atoms with Gasteiger partial charge in [0.25, 0.3) is 0 Å². The SMILES string of the molecule is Cc1cccc(N2CCN(Cc3ncc(F)cc3F)CC2)c1C. The van der Waals surface area contributed by atoms with Crippen molar-refractivity contribution in [1.29, 1.82) is 0 Å². The Bertz CT molecular complexity index is 695. The van der Waals surface area contributed by atoms with Crippen LogP contribution in [0.5, 0.6) is 0 Å². The molecule has 1 saturated heterocycles. The van der Waals surface area contributed by atoms with E-state index in [1.165, 1.54) is 16.8 Å². The van der Waals surface area contributed by atoms with Crippen LogP contribution in [0.4, 0.5) is 14.5 Å². The lowest BCUT2D eigenvalue weighted by Crippen LogP contribution is -2.46. The van der Waals surface area contributed by atoms with Gasteiger partial charge in [0.05, 0.1) is 11.9 Å². The van der Waals surface area contributed by atoms with Gasteiger partial charge in [0.15, 0.2) is 0 Å². The van der Waals surface area contributed by atoms with Crippen LogP contribution in [0.2, 0.25) is 0 Å². The van der Waals surface area contributed by atoms with Gasteiger partial charge >= 0.3 is 0 Å². The average Bonchev–Trinajstić information content (AvgIpc) is 2.54. The first kappa shape index (κ1) is 15.9. The third kappa shape index (κ3) is 3.50. The van der Waals surface area contributed by atoms with Crippen molar-refractivity contribution in [3.8, 4) is 0 Å². The summed E-state index contributed by atoms with van der Waals surface area (Å²) in [5.74, 6) is -1.20. The van der Waals surface area contributed by atoms with E-state index in [-0.39, 0.29) is 0 Å². The molecule has 23 heavy (non-hydrogen) atoms. The fourth-order valence-corrected chi connectivity index (χ4v) is 3.00. The van der Waals surface area contributed by atoms with Crippen molar-refractivity contribution < 1.29 is 8.78 Å². The molecule has 0 unspecified atom stereocenters. The number of pyridine rings is 1. The number of rotatable bonds is 3. The third-order valence-corrected chi connectivity index (χ3v) is 4.55. The van der Waals surface area contributed by atoms with Crippen LogP contribution in [-0.4, -0.2) is 36.1 Å². The van der Waals surface area contributed by atoms with E-state index in [0.29, 0.717) is 12.2 Å². The zero-order valence-corrected chi connectivity index (χ0v) is 13.5. The summed E-state index contributed by atoms with van der Waals surface area (Å²) in [7, 11) is 0. The van der Waals surface area contributed by atoms with Crippen LogP contribution in [0.15, 0.2) is 30.5 Å². The van der Waals surface area contributed by atoms with Gasteiger partial charge in [0, 0.05) is 44.5 Å². The van der Waals surface area contributed by atoms with E-state index < -0.39 is 11.6 Å². The van der Waals surface area contributed by atoms with Crippen molar-refractivity contribution in [2.45, 2.75) is 20.4 Å². The molecule has 1 fully saturated rings. The number of aromatic nitrogens is 1. The smallest absolute Gasteiger partial charge is 0.148 e. The maximum Gasteiger partial charge on any atom is 0.148 e. The van der Waals surface area contributed by atoms with Gasteiger partial charge in [-0.05, 0) is 31.0 Å². The molecule has 0 aliphatic carbocycles. The maximum absolute atomic E-state index is 13.7. The Balaban J connectivity index is 1.63. The van der Waals surface area contributed by atoms with Crippen molar-refractivity contribution >= 4 is 5.69 Å². The zero-order chi connectivity index (χ0) is 16.4. The maximum atomic E-state index is 13.7. The molecule has 122 valence electrons. The molecule has 0 amide bonds. The molecule has 0 atom stereocenters. The average molecular weight is 317 g/mol. The summed E-state index contributed by atoms with van der Waals surface area (Å²) in [5.41, 5.74) is 4.19. The van der Waals surface area contributed by atoms with Gasteiger partial charge in [-0.3, -0.25) is 9.88 Å². The minimum atomic E-state index is -0.633. The molecule has 0 bridgehead atoms. The number of benzene rings is 1. The van der Waals surface area contributed by atoms with Crippen molar-refractivity contribution in [3.63, 3.8) is 0 Å². The molecule has 1 aromatic heterocycles. The van der Waals surface area contributed by atoms with Gasteiger partial charge in [-0.1, -0.05) is 12.1 Å². The van der Waals surface area contributed by atoms with Crippen molar-refractivity contribution in [1.82, 2.24) is 9.88 Å². The molecule has 3 nitrogen and oxygen atoms in total. The molecule has 0 saturated carbocycles. The standard InChI is InChI=1S/C18H21F2N3/c1-13-4-3-5-18(14(13)2)23-8-6-22(7-9-23)12-17-16(20)10-15(19)11-21-17/h3-5,10-11H,6-9,12H2,1-2H3. The summed E-state index contributed by atoms with van der Waals surface area (Å²) < 4.78 is 26.6. The Morgan fingerprint density at radius 1 is 1.09 bits per heavy atom. The Morgan fingerprint density at radius 2 is 1.83 bits per heavy atom. The minimum absolute atomic E-state index is 0.312. The van der Waals surface area contributed by atoms with E-state index in [1.807, 2.05) is 0 Å². The molecule has 0 spiro atoms. The van der Waals surface area contributed by atoms with Gasteiger partial charge in [-0.2, -0.15) is 0 Å². The highest BCUT2D eigenvalue weighted by atomic mass is 19.1. The first-order valence-electron chi connectivity index (χ1n) is 7.88. The molecule has 1 aliphatic heterocycles. The fraction of sp³-hybridized carbons (Fsp3) is 0.389. The van der Waals surface area contributed by atoms with E-state index >= 15 is 0 Å². The van der Waals surface area contributed by atoms with Gasteiger partial charge in [-0.25, -0.2) is 8.78 Å². The molecular formula is C18H21F2N3. The van der Waals surface area contributed by atoms with E-state index in [0.717, 1.165) is 38.4 Å². The first-order chi connectivity index (χ1) is 11.0. The summed E-state index contributed by atoms with van der Waals surface area (Å²) in [6.45, 7) is 8.16. The number of hydrogen-bond acceptors (Lipinski definition) is 3. The number of nitrogens with zero attached hydrogens (tertiary/aromatic N) is 3. The second-order valence-electron chi connectivity index (χ2n) is 6.06. The second kappa shape index (κ2) is 6.62. The van der Waals surface area contributed by atoms with Crippen molar-refractivity contribution in [3.05, 3.63) is 58.9 Å². The predicted octanol–water partition coefficient (Wildman–Crippen LogP) is 3.30. The van der Waals surface area contributed by atoms with Crippen molar-refractivity contribution in [2.24, 2.45) is 0 Å².